The van der Waals surface area contributed by atoms with Crippen LogP contribution in [-0.4, -0.2) is 26.5 Å². The zero-order valence-corrected chi connectivity index (χ0v) is 8.87. The monoisotopic (exact) mass is 216 g/mol. The maximum atomic E-state index is 10.5. The Kier molecular flexibility index (Phi) is 3.94. The van der Waals surface area contributed by atoms with Crippen molar-refractivity contribution < 1.29 is 14.3 Å². The van der Waals surface area contributed by atoms with Crippen molar-refractivity contribution in [3.8, 4) is 0 Å². The molecule has 0 saturated carbocycles. The van der Waals surface area contributed by atoms with Gasteiger partial charge in [-0.2, -0.15) is 0 Å². The molecular weight excluding hydrogens is 204 g/mol. The first-order valence-corrected chi connectivity index (χ1v) is 5.23. The van der Waals surface area contributed by atoms with Gasteiger partial charge < -0.3 is 9.52 Å². The van der Waals surface area contributed by atoms with Crippen LogP contribution in [0.5, 0.6) is 0 Å². The summed E-state index contributed by atoms with van der Waals surface area (Å²) in [6.07, 6.45) is 1.66. The fourth-order valence-corrected chi connectivity index (χ4v) is 1.44. The summed E-state index contributed by atoms with van der Waals surface area (Å²) in [4.78, 5) is 10.5. The number of thioether (sulfide) groups is 1. The largest absolute Gasteiger partial charge is 0.480 e. The Hall–Kier alpha value is -1.04. The fraction of sp³-hybridized carbons (Fsp3) is 0.625. The Morgan fingerprint density at radius 1 is 1.64 bits per heavy atom. The molecule has 1 aromatic rings. The molecule has 5 nitrogen and oxygen atoms in total. The molecule has 6 heteroatoms. The van der Waals surface area contributed by atoms with E-state index in [9.17, 15) is 4.79 Å². The van der Waals surface area contributed by atoms with E-state index >= 15 is 0 Å². The van der Waals surface area contributed by atoms with E-state index in [1.807, 2.05) is 6.92 Å². The number of carboxylic acids is 1. The molecule has 0 bridgehead atoms. The normalized spacial score (nSPS) is 12.7. The van der Waals surface area contributed by atoms with E-state index in [4.69, 9.17) is 9.52 Å². The minimum atomic E-state index is -0.884. The lowest BCUT2D eigenvalue weighted by atomic mass is 10.3. The molecule has 14 heavy (non-hydrogen) atoms. The van der Waals surface area contributed by atoms with Gasteiger partial charge in [0.1, 0.15) is 5.25 Å². The molecule has 0 aliphatic carbocycles. The first-order valence-electron chi connectivity index (χ1n) is 4.35. The number of carbonyl (C=O) groups is 1. The van der Waals surface area contributed by atoms with Gasteiger partial charge in [0.25, 0.3) is 5.22 Å². The first kappa shape index (κ1) is 11.0. The van der Waals surface area contributed by atoms with Gasteiger partial charge in [0.05, 0.1) is 0 Å². The highest BCUT2D eigenvalue weighted by atomic mass is 32.2. The molecule has 78 valence electrons. The van der Waals surface area contributed by atoms with E-state index in [-0.39, 0.29) is 0 Å². The Labute approximate surface area is 85.9 Å². The van der Waals surface area contributed by atoms with Gasteiger partial charge in [-0.05, 0) is 13.3 Å². The van der Waals surface area contributed by atoms with Gasteiger partial charge in [-0.1, -0.05) is 18.7 Å². The van der Waals surface area contributed by atoms with Crippen molar-refractivity contribution in [1.82, 2.24) is 10.2 Å². The molecule has 0 spiro atoms. The molecule has 0 fully saturated rings. The van der Waals surface area contributed by atoms with Gasteiger partial charge >= 0.3 is 5.97 Å². The lowest BCUT2D eigenvalue weighted by molar-refractivity contribution is -0.136. The van der Waals surface area contributed by atoms with Crippen molar-refractivity contribution >= 4 is 17.7 Å². The second-order valence-corrected chi connectivity index (χ2v) is 4.10. The third kappa shape index (κ3) is 3.02. The van der Waals surface area contributed by atoms with Crippen LogP contribution in [0.25, 0.3) is 0 Å². The van der Waals surface area contributed by atoms with Crippen LogP contribution in [0.4, 0.5) is 0 Å². The third-order valence-corrected chi connectivity index (χ3v) is 2.46. The maximum absolute atomic E-state index is 10.5. The summed E-state index contributed by atoms with van der Waals surface area (Å²) in [7, 11) is 0. The summed E-state index contributed by atoms with van der Waals surface area (Å²) >= 11 is 1.06. The van der Waals surface area contributed by atoms with E-state index in [0.29, 0.717) is 11.1 Å². The van der Waals surface area contributed by atoms with E-state index < -0.39 is 11.2 Å². The SMILES string of the molecule is CCCc1nnc(SC(C)C(=O)O)o1. The summed E-state index contributed by atoms with van der Waals surface area (Å²) < 4.78 is 5.22. The van der Waals surface area contributed by atoms with Gasteiger partial charge in [-0.15, -0.1) is 10.2 Å². The molecule has 0 amide bonds. The summed E-state index contributed by atoms with van der Waals surface area (Å²) in [5, 5.41) is 15.9. The average Bonchev–Trinajstić information content (AvgIpc) is 2.53. The molecule has 1 unspecified atom stereocenters. The Morgan fingerprint density at radius 2 is 2.36 bits per heavy atom. The van der Waals surface area contributed by atoms with Crippen LogP contribution < -0.4 is 0 Å². The molecule has 1 aromatic heterocycles. The lowest BCUT2D eigenvalue weighted by Gasteiger charge is -1.99. The molecule has 0 aromatic carbocycles. The Bertz CT molecular complexity index is 313. The zero-order valence-electron chi connectivity index (χ0n) is 8.06. The molecule has 0 saturated heterocycles. The average molecular weight is 216 g/mol. The fourth-order valence-electron chi connectivity index (χ4n) is 0.802. The van der Waals surface area contributed by atoms with Gasteiger partial charge in [-0.3, -0.25) is 4.79 Å². The number of nitrogens with zero attached hydrogens (tertiary/aromatic N) is 2. The molecule has 1 N–H and O–H groups in total. The predicted molar refractivity (Wildman–Crippen MR) is 51.2 cm³/mol. The number of carboxylic acid groups (broad SMARTS) is 1. The van der Waals surface area contributed by atoms with Crippen molar-refractivity contribution in [2.75, 3.05) is 0 Å². The van der Waals surface area contributed by atoms with Crippen LogP contribution in [0.1, 0.15) is 26.2 Å². The summed E-state index contributed by atoms with van der Waals surface area (Å²) in [5.41, 5.74) is 0. The summed E-state index contributed by atoms with van der Waals surface area (Å²) in [5.74, 6) is -0.321. The predicted octanol–water partition coefficient (Wildman–Crippen LogP) is 1.59. The van der Waals surface area contributed by atoms with Gasteiger partial charge in [0, 0.05) is 6.42 Å². The zero-order chi connectivity index (χ0) is 10.6. The second kappa shape index (κ2) is 4.99. The van der Waals surface area contributed by atoms with Crippen LogP contribution in [-0.2, 0) is 11.2 Å². The van der Waals surface area contributed by atoms with Crippen molar-refractivity contribution in [1.29, 1.82) is 0 Å². The highest BCUT2D eigenvalue weighted by Gasteiger charge is 2.16. The molecule has 0 radical (unpaired) electrons. The second-order valence-electron chi connectivity index (χ2n) is 2.81. The number of aromatic nitrogens is 2. The van der Waals surface area contributed by atoms with Crippen molar-refractivity contribution in [2.45, 2.75) is 37.2 Å². The molecular formula is C8H12N2O3S. The number of aryl methyl sites for hydroxylation is 1. The highest BCUT2D eigenvalue weighted by molar-refractivity contribution is 8.00. The molecule has 1 rings (SSSR count). The number of aliphatic carboxylic acids is 1. The number of hydrogen-bond acceptors (Lipinski definition) is 5. The van der Waals surface area contributed by atoms with Crippen LogP contribution in [0.2, 0.25) is 0 Å². The highest BCUT2D eigenvalue weighted by Crippen LogP contribution is 2.21. The minimum absolute atomic E-state index is 0.323. The summed E-state index contributed by atoms with van der Waals surface area (Å²) in [6.45, 7) is 3.59. The van der Waals surface area contributed by atoms with E-state index in [0.717, 1.165) is 24.6 Å². The summed E-state index contributed by atoms with van der Waals surface area (Å²) in [6, 6.07) is 0. The van der Waals surface area contributed by atoms with E-state index in [1.54, 1.807) is 6.92 Å². The smallest absolute Gasteiger partial charge is 0.316 e. The van der Waals surface area contributed by atoms with Gasteiger partial charge in [0.2, 0.25) is 5.89 Å². The Balaban J connectivity index is 2.55. The van der Waals surface area contributed by atoms with Crippen LogP contribution in [0.3, 0.4) is 0 Å². The molecule has 1 heterocycles. The topological polar surface area (TPSA) is 76.2 Å². The lowest BCUT2D eigenvalue weighted by Crippen LogP contribution is -2.10. The number of hydrogen-bond donors (Lipinski definition) is 1. The van der Waals surface area contributed by atoms with Crippen molar-refractivity contribution in [3.63, 3.8) is 0 Å². The minimum Gasteiger partial charge on any atom is -0.480 e. The van der Waals surface area contributed by atoms with Crippen LogP contribution >= 0.6 is 11.8 Å². The quantitative estimate of drug-likeness (QED) is 0.753. The first-order chi connectivity index (χ1) is 6.63. The molecule has 0 aliphatic heterocycles. The van der Waals surface area contributed by atoms with Crippen molar-refractivity contribution in [3.05, 3.63) is 5.89 Å². The molecule has 1 atom stereocenters. The van der Waals surface area contributed by atoms with E-state index in [2.05, 4.69) is 10.2 Å². The van der Waals surface area contributed by atoms with Crippen molar-refractivity contribution in [2.24, 2.45) is 0 Å². The van der Waals surface area contributed by atoms with Crippen LogP contribution in [0, 0.1) is 0 Å². The number of rotatable bonds is 5. The van der Waals surface area contributed by atoms with Gasteiger partial charge in [0.15, 0.2) is 0 Å². The maximum Gasteiger partial charge on any atom is 0.316 e. The standard InChI is InChI=1S/C8H12N2O3S/c1-3-4-6-9-10-8(13-6)14-5(2)7(11)12/h5H,3-4H2,1-2H3,(H,11,12). The van der Waals surface area contributed by atoms with E-state index in [1.165, 1.54) is 0 Å². The van der Waals surface area contributed by atoms with Gasteiger partial charge in [-0.25, -0.2) is 0 Å². The van der Waals surface area contributed by atoms with Crippen LogP contribution in [0.15, 0.2) is 9.64 Å². The Morgan fingerprint density at radius 3 is 2.93 bits per heavy atom. The third-order valence-electron chi connectivity index (χ3n) is 1.54. The molecule has 0 aliphatic rings.